The average molecular weight is 217 g/mol. The summed E-state index contributed by atoms with van der Waals surface area (Å²) in [5, 5.41) is 0. The molecule has 1 heterocycles. The fourth-order valence-electron chi connectivity index (χ4n) is 1.38. The van der Waals surface area contributed by atoms with E-state index in [-0.39, 0.29) is 17.0 Å². The van der Waals surface area contributed by atoms with Gasteiger partial charge >= 0.3 is 0 Å². The molecular formula is C11H8FN3O. The molecule has 1 amide bonds. The summed E-state index contributed by atoms with van der Waals surface area (Å²) in [6.45, 7) is 0. The van der Waals surface area contributed by atoms with Crippen molar-refractivity contribution in [2.75, 3.05) is 0 Å². The van der Waals surface area contributed by atoms with E-state index in [4.69, 9.17) is 5.73 Å². The Balaban J connectivity index is 2.68. The molecule has 1 aromatic carbocycles. The van der Waals surface area contributed by atoms with E-state index in [1.165, 1.54) is 30.6 Å². The van der Waals surface area contributed by atoms with Crippen LogP contribution in [0.4, 0.5) is 4.39 Å². The highest BCUT2D eigenvalue weighted by molar-refractivity contribution is 5.99. The van der Waals surface area contributed by atoms with Gasteiger partial charge in [-0.2, -0.15) is 0 Å². The Hall–Kier alpha value is -2.30. The third-order valence-electron chi connectivity index (χ3n) is 2.07. The number of halogens is 1. The molecule has 0 radical (unpaired) electrons. The van der Waals surface area contributed by atoms with Gasteiger partial charge in [0.15, 0.2) is 5.82 Å². The van der Waals surface area contributed by atoms with Gasteiger partial charge in [0, 0.05) is 12.4 Å². The summed E-state index contributed by atoms with van der Waals surface area (Å²) in [6, 6.07) is 5.70. The molecule has 0 saturated heterocycles. The molecule has 2 N–H and O–H groups in total. The fraction of sp³-hybridized carbons (Fsp3) is 0. The molecule has 2 aromatic rings. The Morgan fingerprint density at radius 3 is 2.50 bits per heavy atom. The molecule has 2 rings (SSSR count). The topological polar surface area (TPSA) is 68.9 Å². The average Bonchev–Trinajstić information content (AvgIpc) is 2.29. The van der Waals surface area contributed by atoms with Crippen molar-refractivity contribution in [3.8, 4) is 11.4 Å². The van der Waals surface area contributed by atoms with Gasteiger partial charge in [0.25, 0.3) is 0 Å². The van der Waals surface area contributed by atoms with E-state index >= 15 is 0 Å². The third kappa shape index (κ3) is 1.75. The monoisotopic (exact) mass is 217 g/mol. The predicted octanol–water partition coefficient (Wildman–Crippen LogP) is 1.38. The van der Waals surface area contributed by atoms with Crippen molar-refractivity contribution in [1.82, 2.24) is 9.97 Å². The van der Waals surface area contributed by atoms with Crippen LogP contribution in [0.3, 0.4) is 0 Å². The molecule has 0 atom stereocenters. The van der Waals surface area contributed by atoms with E-state index in [1.54, 1.807) is 6.07 Å². The van der Waals surface area contributed by atoms with Crippen molar-refractivity contribution in [2.24, 2.45) is 5.73 Å². The standard InChI is InChI=1S/C11H8FN3O/c12-8-4-1-3-7(10(13)16)9(8)11-14-5-2-6-15-11/h1-6H,(H2,13,16). The zero-order valence-electron chi connectivity index (χ0n) is 8.22. The normalized spacial score (nSPS) is 10.1. The maximum Gasteiger partial charge on any atom is 0.249 e. The summed E-state index contributed by atoms with van der Waals surface area (Å²) < 4.78 is 13.6. The lowest BCUT2D eigenvalue weighted by Gasteiger charge is -2.05. The summed E-state index contributed by atoms with van der Waals surface area (Å²) in [6.07, 6.45) is 2.94. The van der Waals surface area contributed by atoms with E-state index in [9.17, 15) is 9.18 Å². The van der Waals surface area contributed by atoms with Gasteiger partial charge in [-0.25, -0.2) is 14.4 Å². The summed E-state index contributed by atoms with van der Waals surface area (Å²) in [5.41, 5.74) is 5.27. The SMILES string of the molecule is NC(=O)c1cccc(F)c1-c1ncccn1. The Labute approximate surface area is 91.0 Å². The van der Waals surface area contributed by atoms with Crippen molar-refractivity contribution >= 4 is 5.91 Å². The second-order valence-electron chi connectivity index (χ2n) is 3.10. The third-order valence-corrected chi connectivity index (χ3v) is 2.07. The van der Waals surface area contributed by atoms with E-state index in [0.717, 1.165) is 0 Å². The number of aromatic nitrogens is 2. The van der Waals surface area contributed by atoms with Crippen LogP contribution in [0.15, 0.2) is 36.7 Å². The van der Waals surface area contributed by atoms with Crippen LogP contribution in [0, 0.1) is 5.82 Å². The molecule has 5 heteroatoms. The molecule has 0 spiro atoms. The van der Waals surface area contributed by atoms with Crippen LogP contribution < -0.4 is 5.73 Å². The highest BCUT2D eigenvalue weighted by Crippen LogP contribution is 2.22. The fourth-order valence-corrected chi connectivity index (χ4v) is 1.38. The van der Waals surface area contributed by atoms with Crippen molar-refractivity contribution in [3.05, 3.63) is 48.0 Å². The molecular weight excluding hydrogens is 209 g/mol. The van der Waals surface area contributed by atoms with Gasteiger partial charge in [0.1, 0.15) is 5.82 Å². The highest BCUT2D eigenvalue weighted by Gasteiger charge is 2.16. The van der Waals surface area contributed by atoms with Crippen molar-refractivity contribution in [1.29, 1.82) is 0 Å². The summed E-state index contributed by atoms with van der Waals surface area (Å²) >= 11 is 0. The van der Waals surface area contributed by atoms with Gasteiger partial charge < -0.3 is 5.73 Å². The maximum atomic E-state index is 13.6. The number of carbonyl (C=O) groups excluding carboxylic acids is 1. The first-order valence-corrected chi connectivity index (χ1v) is 4.56. The first-order valence-electron chi connectivity index (χ1n) is 4.56. The number of rotatable bonds is 2. The lowest BCUT2D eigenvalue weighted by atomic mass is 10.1. The van der Waals surface area contributed by atoms with E-state index in [1.807, 2.05) is 0 Å². The van der Waals surface area contributed by atoms with Crippen LogP contribution >= 0.6 is 0 Å². The molecule has 4 nitrogen and oxygen atoms in total. The number of nitrogens with two attached hydrogens (primary N) is 1. The molecule has 1 aromatic heterocycles. The molecule has 0 aliphatic carbocycles. The van der Waals surface area contributed by atoms with E-state index < -0.39 is 11.7 Å². The number of hydrogen-bond donors (Lipinski definition) is 1. The minimum Gasteiger partial charge on any atom is -0.366 e. The van der Waals surface area contributed by atoms with Gasteiger partial charge in [-0.1, -0.05) is 6.07 Å². The van der Waals surface area contributed by atoms with Crippen LogP contribution in [-0.4, -0.2) is 15.9 Å². The van der Waals surface area contributed by atoms with Gasteiger partial charge in [0.05, 0.1) is 11.1 Å². The molecule has 16 heavy (non-hydrogen) atoms. The van der Waals surface area contributed by atoms with Crippen LogP contribution in [0.2, 0.25) is 0 Å². The van der Waals surface area contributed by atoms with Crippen LogP contribution in [0.1, 0.15) is 10.4 Å². The molecule has 80 valence electrons. The molecule has 0 aliphatic heterocycles. The van der Waals surface area contributed by atoms with Crippen LogP contribution in [-0.2, 0) is 0 Å². The molecule has 0 bridgehead atoms. The molecule has 0 saturated carbocycles. The Morgan fingerprint density at radius 2 is 1.88 bits per heavy atom. The predicted molar refractivity (Wildman–Crippen MR) is 55.9 cm³/mol. The van der Waals surface area contributed by atoms with Gasteiger partial charge in [0.2, 0.25) is 5.91 Å². The number of nitrogens with zero attached hydrogens (tertiary/aromatic N) is 2. The lowest BCUT2D eigenvalue weighted by Crippen LogP contribution is -2.13. The van der Waals surface area contributed by atoms with Gasteiger partial charge in [-0.05, 0) is 18.2 Å². The highest BCUT2D eigenvalue weighted by atomic mass is 19.1. The second-order valence-corrected chi connectivity index (χ2v) is 3.10. The van der Waals surface area contributed by atoms with Crippen molar-refractivity contribution in [2.45, 2.75) is 0 Å². The summed E-state index contributed by atoms with van der Waals surface area (Å²) in [5.74, 6) is -1.13. The van der Waals surface area contributed by atoms with Crippen LogP contribution in [0.25, 0.3) is 11.4 Å². The quantitative estimate of drug-likeness (QED) is 0.826. The zero-order valence-corrected chi connectivity index (χ0v) is 8.22. The van der Waals surface area contributed by atoms with Crippen molar-refractivity contribution in [3.63, 3.8) is 0 Å². The van der Waals surface area contributed by atoms with Gasteiger partial charge in [-0.15, -0.1) is 0 Å². The maximum absolute atomic E-state index is 13.6. The number of carbonyl (C=O) groups is 1. The first kappa shape index (κ1) is 10.2. The van der Waals surface area contributed by atoms with E-state index in [2.05, 4.69) is 9.97 Å². The number of hydrogen-bond acceptors (Lipinski definition) is 3. The number of primary amides is 1. The Bertz CT molecular complexity index is 528. The molecule has 0 aliphatic rings. The smallest absolute Gasteiger partial charge is 0.249 e. The van der Waals surface area contributed by atoms with Gasteiger partial charge in [-0.3, -0.25) is 4.79 Å². The molecule has 0 unspecified atom stereocenters. The Kier molecular flexibility index (Phi) is 2.59. The van der Waals surface area contributed by atoms with Crippen molar-refractivity contribution < 1.29 is 9.18 Å². The Morgan fingerprint density at radius 1 is 1.19 bits per heavy atom. The zero-order chi connectivity index (χ0) is 11.5. The lowest BCUT2D eigenvalue weighted by molar-refractivity contribution is 0.100. The minimum atomic E-state index is -0.707. The largest absolute Gasteiger partial charge is 0.366 e. The second kappa shape index (κ2) is 4.06. The summed E-state index contributed by atoms with van der Waals surface area (Å²) in [4.78, 5) is 18.9. The summed E-state index contributed by atoms with van der Waals surface area (Å²) in [7, 11) is 0. The molecule has 0 fully saturated rings. The van der Waals surface area contributed by atoms with Crippen LogP contribution in [0.5, 0.6) is 0 Å². The minimum absolute atomic E-state index is 0.0376. The number of amides is 1. The number of benzene rings is 1. The van der Waals surface area contributed by atoms with E-state index in [0.29, 0.717) is 0 Å². The first-order chi connectivity index (χ1) is 7.70.